The van der Waals surface area contributed by atoms with Crippen LogP contribution < -0.4 is 23.8 Å². The average Bonchev–Trinajstić information content (AvgIpc) is 2.85. The number of carbonyl (C=O) groups excluding carboxylic acids is 1. The summed E-state index contributed by atoms with van der Waals surface area (Å²) in [6.45, 7) is 0.703. The molecular weight excluding hydrogens is 456 g/mol. The van der Waals surface area contributed by atoms with Crippen molar-refractivity contribution < 1.29 is 27.4 Å². The van der Waals surface area contributed by atoms with Crippen LogP contribution in [0, 0.1) is 0 Å². The van der Waals surface area contributed by atoms with Crippen LogP contribution in [0.5, 0.6) is 17.2 Å². The molecular formula is C25H28N2O6S. The molecule has 0 radical (unpaired) electrons. The van der Waals surface area contributed by atoms with Gasteiger partial charge in [0.2, 0.25) is 10.0 Å². The zero-order valence-corrected chi connectivity index (χ0v) is 20.2. The summed E-state index contributed by atoms with van der Waals surface area (Å²) in [4.78, 5) is 12.5. The molecule has 0 aliphatic carbocycles. The molecule has 3 rings (SSSR count). The van der Waals surface area contributed by atoms with E-state index in [2.05, 4.69) is 5.32 Å². The Morgan fingerprint density at radius 2 is 1.44 bits per heavy atom. The van der Waals surface area contributed by atoms with E-state index in [0.29, 0.717) is 35.0 Å². The smallest absolute Gasteiger partial charge is 0.251 e. The van der Waals surface area contributed by atoms with Crippen LogP contribution in [0.2, 0.25) is 0 Å². The number of para-hydroxylation sites is 4. The van der Waals surface area contributed by atoms with Crippen LogP contribution in [-0.2, 0) is 16.6 Å². The largest absolute Gasteiger partial charge is 0.495 e. The standard InChI is InChI=1S/C25H28N2O6S/c1-31-22-9-5-4-8-21(22)27(34(3,29)30)18-19-12-14-20(15-13-19)25(28)26-16-17-33-24-11-7-6-10-23(24)32-2/h4-15H,16-18H2,1-3H3,(H,26,28). The van der Waals surface area contributed by atoms with Crippen molar-refractivity contribution in [2.24, 2.45) is 0 Å². The maximum absolute atomic E-state index is 12.5. The van der Waals surface area contributed by atoms with Gasteiger partial charge in [0, 0.05) is 5.56 Å². The number of benzene rings is 3. The Bertz CT molecular complexity index is 1210. The average molecular weight is 485 g/mol. The van der Waals surface area contributed by atoms with Crippen LogP contribution in [-0.4, -0.2) is 48.0 Å². The van der Waals surface area contributed by atoms with E-state index in [1.54, 1.807) is 67.8 Å². The molecule has 0 saturated heterocycles. The van der Waals surface area contributed by atoms with Gasteiger partial charge in [0.1, 0.15) is 12.4 Å². The van der Waals surface area contributed by atoms with Gasteiger partial charge >= 0.3 is 0 Å². The molecule has 9 heteroatoms. The number of hydrogen-bond donors (Lipinski definition) is 1. The van der Waals surface area contributed by atoms with Crippen LogP contribution in [0.4, 0.5) is 5.69 Å². The third-order valence-corrected chi connectivity index (χ3v) is 6.14. The molecule has 180 valence electrons. The van der Waals surface area contributed by atoms with Crippen molar-refractivity contribution in [1.29, 1.82) is 0 Å². The van der Waals surface area contributed by atoms with Gasteiger partial charge in [-0.1, -0.05) is 36.4 Å². The van der Waals surface area contributed by atoms with E-state index >= 15 is 0 Å². The number of carbonyl (C=O) groups is 1. The van der Waals surface area contributed by atoms with Crippen molar-refractivity contribution in [2.75, 3.05) is 37.9 Å². The summed E-state index contributed by atoms with van der Waals surface area (Å²) in [5.41, 5.74) is 1.64. The summed E-state index contributed by atoms with van der Waals surface area (Å²) in [5.74, 6) is 1.44. The first-order chi connectivity index (χ1) is 16.3. The molecule has 0 bridgehead atoms. The summed E-state index contributed by atoms with van der Waals surface area (Å²) in [5, 5.41) is 2.80. The number of hydrogen-bond acceptors (Lipinski definition) is 6. The van der Waals surface area contributed by atoms with E-state index in [-0.39, 0.29) is 19.1 Å². The highest BCUT2D eigenvalue weighted by atomic mass is 32.2. The first kappa shape index (κ1) is 24.9. The number of amides is 1. The van der Waals surface area contributed by atoms with E-state index in [0.717, 1.165) is 11.8 Å². The molecule has 1 amide bonds. The van der Waals surface area contributed by atoms with E-state index in [1.165, 1.54) is 11.4 Å². The first-order valence-corrected chi connectivity index (χ1v) is 12.4. The predicted octanol–water partition coefficient (Wildman–Crippen LogP) is 3.48. The fourth-order valence-electron chi connectivity index (χ4n) is 3.31. The summed E-state index contributed by atoms with van der Waals surface area (Å²) in [6.07, 6.45) is 1.15. The van der Waals surface area contributed by atoms with E-state index in [9.17, 15) is 13.2 Å². The Labute approximate surface area is 200 Å². The van der Waals surface area contributed by atoms with Gasteiger partial charge in [-0.25, -0.2) is 8.42 Å². The van der Waals surface area contributed by atoms with Crippen molar-refractivity contribution in [1.82, 2.24) is 5.32 Å². The number of nitrogens with one attached hydrogen (secondary N) is 1. The van der Waals surface area contributed by atoms with Crippen LogP contribution in [0.25, 0.3) is 0 Å². The Morgan fingerprint density at radius 3 is 2.06 bits per heavy atom. The molecule has 0 saturated carbocycles. The highest BCUT2D eigenvalue weighted by Gasteiger charge is 2.21. The van der Waals surface area contributed by atoms with Crippen LogP contribution in [0.15, 0.2) is 72.8 Å². The molecule has 0 heterocycles. The minimum atomic E-state index is -3.57. The number of nitrogens with zero attached hydrogens (tertiary/aromatic N) is 1. The minimum Gasteiger partial charge on any atom is -0.495 e. The Hall–Kier alpha value is -3.72. The van der Waals surface area contributed by atoms with E-state index < -0.39 is 10.0 Å². The lowest BCUT2D eigenvalue weighted by Crippen LogP contribution is -2.30. The van der Waals surface area contributed by atoms with Gasteiger partial charge in [-0.15, -0.1) is 0 Å². The minimum absolute atomic E-state index is 0.105. The summed E-state index contributed by atoms with van der Waals surface area (Å²) in [6, 6.07) is 21.0. The summed E-state index contributed by atoms with van der Waals surface area (Å²) < 4.78 is 42.4. The van der Waals surface area contributed by atoms with Crippen LogP contribution in [0.1, 0.15) is 15.9 Å². The molecule has 0 spiro atoms. The Balaban J connectivity index is 1.60. The SMILES string of the molecule is COc1ccccc1OCCNC(=O)c1ccc(CN(c2ccccc2OC)S(C)(=O)=O)cc1. The molecule has 0 aliphatic rings. The van der Waals surface area contributed by atoms with Gasteiger partial charge in [0.05, 0.1) is 39.3 Å². The van der Waals surface area contributed by atoms with E-state index in [1.807, 2.05) is 12.1 Å². The third-order valence-electron chi connectivity index (χ3n) is 5.01. The molecule has 3 aromatic carbocycles. The highest BCUT2D eigenvalue weighted by molar-refractivity contribution is 7.92. The number of sulfonamides is 1. The van der Waals surface area contributed by atoms with Gasteiger partial charge in [-0.2, -0.15) is 0 Å². The van der Waals surface area contributed by atoms with Crippen LogP contribution in [0.3, 0.4) is 0 Å². The lowest BCUT2D eigenvalue weighted by atomic mass is 10.1. The number of anilines is 1. The second-order valence-corrected chi connectivity index (χ2v) is 9.30. The molecule has 0 atom stereocenters. The lowest BCUT2D eigenvalue weighted by molar-refractivity contribution is 0.0947. The number of ether oxygens (including phenoxy) is 3. The quantitative estimate of drug-likeness (QED) is 0.419. The summed E-state index contributed by atoms with van der Waals surface area (Å²) >= 11 is 0. The number of methoxy groups -OCH3 is 2. The van der Waals surface area contributed by atoms with Gasteiger partial charge in [-0.3, -0.25) is 9.10 Å². The number of rotatable bonds is 11. The molecule has 8 nitrogen and oxygen atoms in total. The maximum Gasteiger partial charge on any atom is 0.251 e. The first-order valence-electron chi connectivity index (χ1n) is 10.6. The van der Waals surface area contributed by atoms with Crippen molar-refractivity contribution >= 4 is 21.6 Å². The van der Waals surface area contributed by atoms with Gasteiger partial charge in [-0.05, 0) is 42.0 Å². The van der Waals surface area contributed by atoms with Gasteiger partial charge in [0.25, 0.3) is 5.91 Å². The topological polar surface area (TPSA) is 94.2 Å². The van der Waals surface area contributed by atoms with E-state index in [4.69, 9.17) is 14.2 Å². The third kappa shape index (κ3) is 6.41. The van der Waals surface area contributed by atoms with Crippen molar-refractivity contribution in [3.8, 4) is 17.2 Å². The predicted molar refractivity (Wildman–Crippen MR) is 131 cm³/mol. The van der Waals surface area contributed by atoms with Crippen molar-refractivity contribution in [3.05, 3.63) is 83.9 Å². The second kappa shape index (κ2) is 11.4. The van der Waals surface area contributed by atoms with Crippen molar-refractivity contribution in [2.45, 2.75) is 6.54 Å². The maximum atomic E-state index is 12.5. The summed E-state index contributed by atoms with van der Waals surface area (Å²) in [7, 11) is -0.504. The highest BCUT2D eigenvalue weighted by Crippen LogP contribution is 2.31. The zero-order chi connectivity index (χ0) is 24.6. The second-order valence-electron chi connectivity index (χ2n) is 7.39. The Morgan fingerprint density at radius 1 is 0.853 bits per heavy atom. The molecule has 0 aliphatic heterocycles. The molecule has 3 aromatic rings. The lowest BCUT2D eigenvalue weighted by Gasteiger charge is -2.24. The normalized spacial score (nSPS) is 10.9. The fourth-order valence-corrected chi connectivity index (χ4v) is 4.20. The monoisotopic (exact) mass is 484 g/mol. The Kier molecular flexibility index (Phi) is 8.37. The molecule has 0 fully saturated rings. The molecule has 0 aromatic heterocycles. The molecule has 0 unspecified atom stereocenters. The molecule has 1 N–H and O–H groups in total. The van der Waals surface area contributed by atoms with Gasteiger partial charge < -0.3 is 19.5 Å². The molecule has 34 heavy (non-hydrogen) atoms. The van der Waals surface area contributed by atoms with Gasteiger partial charge in [0.15, 0.2) is 11.5 Å². The fraction of sp³-hybridized carbons (Fsp3) is 0.240. The van der Waals surface area contributed by atoms with Crippen LogP contribution >= 0.6 is 0 Å². The zero-order valence-electron chi connectivity index (χ0n) is 19.4. The van der Waals surface area contributed by atoms with Crippen molar-refractivity contribution in [3.63, 3.8) is 0 Å².